The molecule has 0 saturated carbocycles. The second-order valence-electron chi connectivity index (χ2n) is 4.26. The Morgan fingerprint density at radius 1 is 1.20 bits per heavy atom. The minimum Gasteiger partial charge on any atom is -0.490 e. The van der Waals surface area contributed by atoms with Crippen molar-refractivity contribution < 1.29 is 14.3 Å². The number of hydrogen-bond acceptors (Lipinski definition) is 4. The molecule has 1 aliphatic heterocycles. The van der Waals surface area contributed by atoms with E-state index in [4.69, 9.17) is 21.1 Å². The third-order valence-electron chi connectivity index (χ3n) is 2.88. The van der Waals surface area contributed by atoms with Gasteiger partial charge in [0.2, 0.25) is 5.78 Å². The quantitative estimate of drug-likeness (QED) is 0.724. The van der Waals surface area contributed by atoms with Crippen LogP contribution in [0.25, 0.3) is 0 Å². The summed E-state index contributed by atoms with van der Waals surface area (Å²) in [6.07, 6.45) is 0.829. The average molecular weight is 374 g/mol. The van der Waals surface area contributed by atoms with E-state index in [2.05, 4.69) is 15.9 Å². The van der Waals surface area contributed by atoms with E-state index in [0.717, 1.165) is 6.42 Å². The highest BCUT2D eigenvalue weighted by atomic mass is 79.9. The molecule has 2 aromatic rings. The number of hydrogen-bond donors (Lipinski definition) is 0. The van der Waals surface area contributed by atoms with Crippen LogP contribution in [0.2, 0.25) is 4.34 Å². The summed E-state index contributed by atoms with van der Waals surface area (Å²) in [7, 11) is 0. The highest BCUT2D eigenvalue weighted by molar-refractivity contribution is 9.10. The summed E-state index contributed by atoms with van der Waals surface area (Å²) in [6.45, 7) is 1.21. The van der Waals surface area contributed by atoms with Gasteiger partial charge in [0.1, 0.15) is 0 Å². The Bertz CT molecular complexity index is 668. The van der Waals surface area contributed by atoms with Crippen LogP contribution >= 0.6 is 38.9 Å². The van der Waals surface area contributed by atoms with Gasteiger partial charge in [-0.05, 0) is 40.2 Å². The standard InChI is InChI=1S/C14H10BrClO3S/c15-9-7-11-10(18-4-1-5-19-11)6-8(9)14(17)12-2-3-13(16)20-12/h2-3,6-7H,1,4-5H2. The number of ether oxygens (including phenoxy) is 2. The van der Waals surface area contributed by atoms with Crippen molar-refractivity contribution in [3.63, 3.8) is 0 Å². The van der Waals surface area contributed by atoms with Crippen LogP contribution in [0.3, 0.4) is 0 Å². The van der Waals surface area contributed by atoms with E-state index in [0.29, 0.717) is 44.0 Å². The predicted octanol–water partition coefficient (Wildman–Crippen LogP) is 4.56. The first-order valence-electron chi connectivity index (χ1n) is 6.04. The molecular formula is C14H10BrClO3S. The first kappa shape index (κ1) is 13.9. The van der Waals surface area contributed by atoms with E-state index in [1.807, 2.05) is 0 Å². The highest BCUT2D eigenvalue weighted by Crippen LogP contribution is 2.37. The Kier molecular flexibility index (Phi) is 4.01. The van der Waals surface area contributed by atoms with E-state index in [1.165, 1.54) is 11.3 Å². The van der Waals surface area contributed by atoms with Crippen molar-refractivity contribution in [2.45, 2.75) is 6.42 Å². The molecule has 104 valence electrons. The van der Waals surface area contributed by atoms with Crippen molar-refractivity contribution in [1.82, 2.24) is 0 Å². The van der Waals surface area contributed by atoms with Gasteiger partial charge in [-0.3, -0.25) is 4.79 Å². The van der Waals surface area contributed by atoms with Crippen LogP contribution in [0.5, 0.6) is 11.5 Å². The van der Waals surface area contributed by atoms with Crippen LogP contribution in [0.15, 0.2) is 28.7 Å². The van der Waals surface area contributed by atoms with E-state index in [9.17, 15) is 4.79 Å². The summed E-state index contributed by atoms with van der Waals surface area (Å²) in [4.78, 5) is 13.1. The van der Waals surface area contributed by atoms with Gasteiger partial charge in [-0.2, -0.15) is 0 Å². The van der Waals surface area contributed by atoms with Gasteiger partial charge in [-0.1, -0.05) is 11.6 Å². The van der Waals surface area contributed by atoms with Gasteiger partial charge < -0.3 is 9.47 Å². The third kappa shape index (κ3) is 2.71. The molecule has 0 radical (unpaired) electrons. The molecule has 0 fully saturated rings. The van der Waals surface area contributed by atoms with Gasteiger partial charge in [0.15, 0.2) is 11.5 Å². The number of carbonyl (C=O) groups excluding carboxylic acids is 1. The van der Waals surface area contributed by atoms with Crippen molar-refractivity contribution in [3.05, 3.63) is 43.5 Å². The van der Waals surface area contributed by atoms with Gasteiger partial charge in [0, 0.05) is 16.5 Å². The van der Waals surface area contributed by atoms with Crippen molar-refractivity contribution in [2.24, 2.45) is 0 Å². The van der Waals surface area contributed by atoms with Crippen LogP contribution in [-0.2, 0) is 0 Å². The predicted molar refractivity (Wildman–Crippen MR) is 82.5 cm³/mol. The normalized spacial score (nSPS) is 13.9. The van der Waals surface area contributed by atoms with Gasteiger partial charge in [0.25, 0.3) is 0 Å². The Morgan fingerprint density at radius 3 is 2.55 bits per heavy atom. The summed E-state index contributed by atoms with van der Waals surface area (Å²) < 4.78 is 12.5. The third-order valence-corrected chi connectivity index (χ3v) is 4.76. The summed E-state index contributed by atoms with van der Waals surface area (Å²) in [5, 5.41) is 0. The molecule has 0 unspecified atom stereocenters. The lowest BCUT2D eigenvalue weighted by Gasteiger charge is -2.10. The number of halogens is 2. The molecule has 0 amide bonds. The van der Waals surface area contributed by atoms with Crippen LogP contribution in [0.1, 0.15) is 21.7 Å². The second kappa shape index (κ2) is 5.76. The molecule has 3 nitrogen and oxygen atoms in total. The fraction of sp³-hybridized carbons (Fsp3) is 0.214. The topological polar surface area (TPSA) is 35.5 Å². The van der Waals surface area contributed by atoms with Gasteiger partial charge >= 0.3 is 0 Å². The summed E-state index contributed by atoms with van der Waals surface area (Å²) in [6, 6.07) is 6.95. The number of ketones is 1. The maximum Gasteiger partial charge on any atom is 0.204 e. The molecule has 1 aromatic carbocycles. The molecule has 20 heavy (non-hydrogen) atoms. The SMILES string of the molecule is O=C(c1ccc(Cl)s1)c1cc2c(cc1Br)OCCCO2. The number of benzene rings is 1. The molecule has 1 aliphatic rings. The van der Waals surface area contributed by atoms with E-state index < -0.39 is 0 Å². The fourth-order valence-electron chi connectivity index (χ4n) is 1.93. The lowest BCUT2D eigenvalue weighted by atomic mass is 10.1. The Labute approximate surface area is 133 Å². The second-order valence-corrected chi connectivity index (χ2v) is 6.83. The number of carbonyl (C=O) groups is 1. The van der Waals surface area contributed by atoms with Crippen LogP contribution < -0.4 is 9.47 Å². The van der Waals surface area contributed by atoms with Crippen molar-refractivity contribution in [3.8, 4) is 11.5 Å². The molecule has 0 N–H and O–H groups in total. The molecule has 2 heterocycles. The van der Waals surface area contributed by atoms with Crippen LogP contribution in [0, 0.1) is 0 Å². The lowest BCUT2D eigenvalue weighted by Crippen LogP contribution is -2.02. The minimum absolute atomic E-state index is 0.0792. The summed E-state index contributed by atoms with van der Waals surface area (Å²) in [5.41, 5.74) is 0.549. The Hall–Kier alpha value is -1.04. The average Bonchev–Trinajstić information content (AvgIpc) is 2.73. The molecule has 0 spiro atoms. The maximum absolute atomic E-state index is 12.5. The van der Waals surface area contributed by atoms with E-state index in [-0.39, 0.29) is 5.78 Å². The Balaban J connectivity index is 2.01. The van der Waals surface area contributed by atoms with Gasteiger partial charge in [-0.25, -0.2) is 0 Å². The smallest absolute Gasteiger partial charge is 0.204 e. The molecule has 0 atom stereocenters. The minimum atomic E-state index is -0.0792. The van der Waals surface area contributed by atoms with Crippen LogP contribution in [-0.4, -0.2) is 19.0 Å². The zero-order chi connectivity index (χ0) is 14.1. The lowest BCUT2D eigenvalue weighted by molar-refractivity contribution is 0.104. The first-order chi connectivity index (χ1) is 9.65. The van der Waals surface area contributed by atoms with Gasteiger partial charge in [-0.15, -0.1) is 11.3 Å². The molecule has 1 aromatic heterocycles. The van der Waals surface area contributed by atoms with E-state index in [1.54, 1.807) is 24.3 Å². The van der Waals surface area contributed by atoms with E-state index >= 15 is 0 Å². The molecule has 0 saturated heterocycles. The molecule has 0 aliphatic carbocycles. The number of thiophene rings is 1. The molecular weight excluding hydrogens is 364 g/mol. The summed E-state index contributed by atoms with van der Waals surface area (Å²) in [5.74, 6) is 1.19. The molecule has 0 bridgehead atoms. The molecule has 6 heteroatoms. The fourth-order valence-corrected chi connectivity index (χ4v) is 3.43. The van der Waals surface area contributed by atoms with Crippen molar-refractivity contribution in [2.75, 3.05) is 13.2 Å². The molecule has 3 rings (SSSR count). The highest BCUT2D eigenvalue weighted by Gasteiger charge is 2.20. The van der Waals surface area contributed by atoms with Crippen molar-refractivity contribution >= 4 is 44.7 Å². The zero-order valence-electron chi connectivity index (χ0n) is 10.3. The number of fused-ring (bicyclic) bond motifs is 1. The maximum atomic E-state index is 12.5. The Morgan fingerprint density at radius 2 is 1.90 bits per heavy atom. The van der Waals surface area contributed by atoms with Gasteiger partial charge in [0.05, 0.1) is 22.4 Å². The summed E-state index contributed by atoms with van der Waals surface area (Å²) >= 11 is 10.6. The van der Waals surface area contributed by atoms with Crippen LogP contribution in [0.4, 0.5) is 0 Å². The monoisotopic (exact) mass is 372 g/mol. The number of rotatable bonds is 2. The first-order valence-corrected chi connectivity index (χ1v) is 8.03. The van der Waals surface area contributed by atoms with Crippen molar-refractivity contribution in [1.29, 1.82) is 0 Å². The largest absolute Gasteiger partial charge is 0.490 e. The zero-order valence-corrected chi connectivity index (χ0v) is 13.5.